The number of nitrogens with one attached hydrogen (secondary N) is 2. The van der Waals surface area contributed by atoms with Crippen LogP contribution in [0.3, 0.4) is 0 Å². The lowest BCUT2D eigenvalue weighted by molar-refractivity contribution is 0.101. The number of aromatic nitrogens is 2. The fraction of sp³-hybridized carbons (Fsp3) is 0.292. The van der Waals surface area contributed by atoms with Crippen molar-refractivity contribution >= 4 is 40.5 Å². The van der Waals surface area contributed by atoms with Gasteiger partial charge in [-0.25, -0.2) is 4.98 Å². The molecule has 0 aliphatic carbocycles. The van der Waals surface area contributed by atoms with E-state index in [9.17, 15) is 9.59 Å². The summed E-state index contributed by atoms with van der Waals surface area (Å²) in [6.07, 6.45) is 7.50. The number of hydrogen-bond donors (Lipinski definition) is 4. The molecule has 1 aliphatic rings. The van der Waals surface area contributed by atoms with Crippen molar-refractivity contribution in [1.82, 2.24) is 14.7 Å². The first-order valence-electron chi connectivity index (χ1n) is 11.0. The standard InChI is InChI=1S/C24H29N7O2/c1-3-16-13-31-14-17(12-20(15(2)32)23(31)28-16)29-24(33)19-4-5-21(18(6-7-25)22(19)26)30-10-8-27-9-11-30/h4-7,12-14,27H,3,8-11,25-26H2,1-2H3,(H,29,33)/b7-6-. The summed E-state index contributed by atoms with van der Waals surface area (Å²) in [6, 6.07) is 5.28. The molecule has 4 rings (SSSR count). The largest absolute Gasteiger partial charge is 0.405 e. The number of rotatable bonds is 6. The number of aryl methyl sites for hydroxylation is 1. The van der Waals surface area contributed by atoms with Crippen molar-refractivity contribution in [3.63, 3.8) is 0 Å². The Morgan fingerprint density at radius 2 is 1.97 bits per heavy atom. The molecule has 0 bridgehead atoms. The summed E-state index contributed by atoms with van der Waals surface area (Å²) in [5, 5.41) is 6.21. The molecule has 1 saturated heterocycles. The van der Waals surface area contributed by atoms with Gasteiger partial charge in [-0.3, -0.25) is 9.59 Å². The van der Waals surface area contributed by atoms with Gasteiger partial charge in [0, 0.05) is 49.8 Å². The molecule has 6 N–H and O–H groups in total. The molecule has 0 unspecified atom stereocenters. The van der Waals surface area contributed by atoms with Crippen LogP contribution in [0.5, 0.6) is 0 Å². The number of anilines is 3. The number of imidazole rings is 1. The second kappa shape index (κ2) is 9.33. The quantitative estimate of drug-likeness (QED) is 0.337. The summed E-state index contributed by atoms with van der Waals surface area (Å²) in [6.45, 7) is 6.92. The number of benzene rings is 1. The molecule has 3 heterocycles. The minimum atomic E-state index is -0.365. The zero-order valence-corrected chi connectivity index (χ0v) is 18.9. The Hall–Kier alpha value is -3.85. The third-order valence-electron chi connectivity index (χ3n) is 5.83. The molecule has 2 aromatic heterocycles. The topological polar surface area (TPSA) is 131 Å². The van der Waals surface area contributed by atoms with E-state index in [1.165, 1.54) is 13.1 Å². The third kappa shape index (κ3) is 4.40. The van der Waals surface area contributed by atoms with E-state index >= 15 is 0 Å². The lowest BCUT2D eigenvalue weighted by Crippen LogP contribution is -2.43. The van der Waals surface area contributed by atoms with Crippen LogP contribution in [0.1, 0.15) is 45.8 Å². The van der Waals surface area contributed by atoms with Crippen LogP contribution in [0, 0.1) is 0 Å². The molecular weight excluding hydrogens is 418 g/mol. The van der Waals surface area contributed by atoms with E-state index in [-0.39, 0.29) is 11.7 Å². The Bertz CT molecular complexity index is 1240. The molecule has 9 heteroatoms. The van der Waals surface area contributed by atoms with E-state index in [1.54, 1.807) is 28.8 Å². The molecule has 172 valence electrons. The number of pyridine rings is 1. The summed E-state index contributed by atoms with van der Waals surface area (Å²) >= 11 is 0. The molecule has 0 spiro atoms. The highest BCUT2D eigenvalue weighted by molar-refractivity contribution is 6.10. The van der Waals surface area contributed by atoms with Crippen LogP contribution in [0.15, 0.2) is 36.8 Å². The number of amides is 1. The third-order valence-corrected chi connectivity index (χ3v) is 5.83. The van der Waals surface area contributed by atoms with Gasteiger partial charge in [0.1, 0.15) is 5.65 Å². The van der Waals surface area contributed by atoms with Crippen LogP contribution in [0.2, 0.25) is 0 Å². The van der Waals surface area contributed by atoms with Gasteiger partial charge in [0.2, 0.25) is 0 Å². The molecule has 0 atom stereocenters. The maximum absolute atomic E-state index is 13.2. The number of piperazine rings is 1. The van der Waals surface area contributed by atoms with Gasteiger partial charge in [-0.15, -0.1) is 0 Å². The number of carbonyl (C=O) groups is 2. The van der Waals surface area contributed by atoms with Crippen molar-refractivity contribution in [2.75, 3.05) is 42.1 Å². The Morgan fingerprint density at radius 1 is 1.21 bits per heavy atom. The summed E-state index contributed by atoms with van der Waals surface area (Å²) in [7, 11) is 0. The van der Waals surface area contributed by atoms with Crippen molar-refractivity contribution < 1.29 is 9.59 Å². The lowest BCUT2D eigenvalue weighted by atomic mass is 10.0. The molecule has 3 aromatic rings. The van der Waals surface area contributed by atoms with Crippen molar-refractivity contribution in [3.05, 3.63) is 59.2 Å². The summed E-state index contributed by atoms with van der Waals surface area (Å²) < 4.78 is 1.77. The first-order chi connectivity index (χ1) is 15.9. The number of fused-ring (bicyclic) bond motifs is 1. The molecule has 1 fully saturated rings. The highest BCUT2D eigenvalue weighted by Crippen LogP contribution is 2.31. The van der Waals surface area contributed by atoms with Crippen LogP contribution < -0.4 is 27.0 Å². The van der Waals surface area contributed by atoms with Crippen LogP contribution in [-0.2, 0) is 6.42 Å². The number of Topliss-reactive ketones (excluding diaryl/α,β-unsaturated/α-hetero) is 1. The minimum absolute atomic E-state index is 0.125. The Morgan fingerprint density at radius 3 is 2.64 bits per heavy atom. The van der Waals surface area contributed by atoms with E-state index in [1.807, 2.05) is 19.2 Å². The van der Waals surface area contributed by atoms with Gasteiger partial charge in [0.15, 0.2) is 5.78 Å². The molecule has 1 amide bonds. The predicted octanol–water partition coefficient (Wildman–Crippen LogP) is 2.27. The number of carbonyl (C=O) groups excluding carboxylic acids is 2. The van der Waals surface area contributed by atoms with Gasteiger partial charge in [0.05, 0.1) is 28.2 Å². The molecule has 1 aromatic carbocycles. The van der Waals surface area contributed by atoms with E-state index in [0.717, 1.165) is 44.0 Å². The second-order valence-electron chi connectivity index (χ2n) is 8.03. The highest BCUT2D eigenvalue weighted by Gasteiger charge is 2.20. The Kier molecular flexibility index (Phi) is 6.32. The van der Waals surface area contributed by atoms with Gasteiger partial charge in [-0.1, -0.05) is 6.92 Å². The second-order valence-corrected chi connectivity index (χ2v) is 8.03. The minimum Gasteiger partial charge on any atom is -0.405 e. The van der Waals surface area contributed by atoms with Crippen molar-refractivity contribution in [3.8, 4) is 0 Å². The molecule has 33 heavy (non-hydrogen) atoms. The first kappa shape index (κ1) is 22.3. The smallest absolute Gasteiger partial charge is 0.257 e. The number of nitrogens with two attached hydrogens (primary N) is 2. The summed E-state index contributed by atoms with van der Waals surface area (Å²) in [5.74, 6) is -0.490. The molecule has 0 radical (unpaired) electrons. The van der Waals surface area contributed by atoms with Gasteiger partial charge >= 0.3 is 0 Å². The van der Waals surface area contributed by atoms with Gasteiger partial charge < -0.3 is 31.4 Å². The Labute approximate surface area is 192 Å². The number of hydrogen-bond acceptors (Lipinski definition) is 7. The van der Waals surface area contributed by atoms with E-state index in [0.29, 0.717) is 33.7 Å². The average Bonchev–Trinajstić information content (AvgIpc) is 3.23. The van der Waals surface area contributed by atoms with Gasteiger partial charge in [-0.05, 0) is 43.8 Å². The fourth-order valence-electron chi connectivity index (χ4n) is 4.12. The van der Waals surface area contributed by atoms with Gasteiger partial charge in [0.25, 0.3) is 5.91 Å². The molecule has 0 saturated carbocycles. The number of nitrogen functional groups attached to an aromatic ring is 1. The first-order valence-corrected chi connectivity index (χ1v) is 11.0. The SMILES string of the molecule is CCc1cn2cc(NC(=O)c3ccc(N4CCNCC4)c(/C=C\N)c3N)cc(C(C)=O)c2n1. The summed E-state index contributed by atoms with van der Waals surface area (Å²) in [4.78, 5) is 32.1. The number of ketones is 1. The highest BCUT2D eigenvalue weighted by atomic mass is 16.1. The maximum Gasteiger partial charge on any atom is 0.257 e. The molecule has 9 nitrogen and oxygen atoms in total. The van der Waals surface area contributed by atoms with Crippen LogP contribution in [-0.4, -0.2) is 47.3 Å². The van der Waals surface area contributed by atoms with Gasteiger partial charge in [-0.2, -0.15) is 0 Å². The molecular formula is C24H29N7O2. The molecule has 1 aliphatic heterocycles. The van der Waals surface area contributed by atoms with E-state index in [2.05, 4.69) is 20.5 Å². The fourth-order valence-corrected chi connectivity index (χ4v) is 4.12. The average molecular weight is 448 g/mol. The maximum atomic E-state index is 13.2. The van der Waals surface area contributed by atoms with Crippen LogP contribution in [0.25, 0.3) is 11.7 Å². The van der Waals surface area contributed by atoms with Crippen molar-refractivity contribution in [1.29, 1.82) is 0 Å². The van der Waals surface area contributed by atoms with Crippen molar-refractivity contribution in [2.24, 2.45) is 5.73 Å². The van der Waals surface area contributed by atoms with E-state index < -0.39 is 0 Å². The lowest BCUT2D eigenvalue weighted by Gasteiger charge is -2.31. The Balaban J connectivity index is 1.69. The van der Waals surface area contributed by atoms with Crippen molar-refractivity contribution in [2.45, 2.75) is 20.3 Å². The summed E-state index contributed by atoms with van der Waals surface area (Å²) in [5.41, 5.74) is 16.9. The van der Waals surface area contributed by atoms with Crippen LogP contribution in [0.4, 0.5) is 17.1 Å². The predicted molar refractivity (Wildman–Crippen MR) is 132 cm³/mol. The zero-order chi connectivity index (χ0) is 23.5. The normalized spacial score (nSPS) is 14.2. The zero-order valence-electron chi connectivity index (χ0n) is 18.9. The number of nitrogens with zero attached hydrogens (tertiary/aromatic N) is 3. The monoisotopic (exact) mass is 447 g/mol. The van der Waals surface area contributed by atoms with Crippen LogP contribution >= 0.6 is 0 Å². The van der Waals surface area contributed by atoms with E-state index in [4.69, 9.17) is 11.5 Å².